The molecule has 1 spiro atoms. The van der Waals surface area contributed by atoms with Crippen LogP contribution in [-0.4, -0.2) is 37.3 Å². The molecule has 5 nitrogen and oxygen atoms in total. The lowest BCUT2D eigenvalue weighted by atomic mass is 9.79. The predicted molar refractivity (Wildman–Crippen MR) is 109 cm³/mol. The van der Waals surface area contributed by atoms with E-state index in [1.807, 2.05) is 0 Å². The summed E-state index contributed by atoms with van der Waals surface area (Å²) in [4.78, 5) is 12.4. The number of benzene rings is 2. The normalized spacial score (nSPS) is 25.3. The van der Waals surface area contributed by atoms with Crippen molar-refractivity contribution in [2.75, 3.05) is 13.1 Å². The molecule has 1 N–H and O–H groups in total. The van der Waals surface area contributed by atoms with Gasteiger partial charge in [0.25, 0.3) is 0 Å². The van der Waals surface area contributed by atoms with E-state index in [0.717, 1.165) is 6.42 Å². The zero-order valence-corrected chi connectivity index (χ0v) is 17.3. The van der Waals surface area contributed by atoms with Crippen LogP contribution in [-0.2, 0) is 20.6 Å². The Labute approximate surface area is 175 Å². The number of amides is 1. The summed E-state index contributed by atoms with van der Waals surface area (Å²) in [6.07, 6.45) is 2.38. The second-order valence-corrected chi connectivity index (χ2v) is 10.1. The van der Waals surface area contributed by atoms with E-state index in [9.17, 15) is 22.0 Å². The Kier molecular flexibility index (Phi) is 5.63. The summed E-state index contributed by atoms with van der Waals surface area (Å²) in [5.74, 6) is -2.15. The van der Waals surface area contributed by atoms with E-state index >= 15 is 0 Å². The van der Waals surface area contributed by atoms with Gasteiger partial charge in [0.1, 0.15) is 11.6 Å². The van der Waals surface area contributed by atoms with Crippen molar-refractivity contribution in [1.82, 2.24) is 9.62 Å². The van der Waals surface area contributed by atoms with E-state index in [0.29, 0.717) is 24.8 Å². The molecule has 2 aromatic carbocycles. The van der Waals surface area contributed by atoms with Gasteiger partial charge in [-0.05, 0) is 30.5 Å². The van der Waals surface area contributed by atoms with Crippen LogP contribution in [0.15, 0.2) is 48.5 Å². The van der Waals surface area contributed by atoms with Crippen LogP contribution in [0.1, 0.15) is 42.7 Å². The van der Waals surface area contributed by atoms with Gasteiger partial charge in [-0.1, -0.05) is 42.8 Å². The molecular formula is C22H24F2N2O3S. The van der Waals surface area contributed by atoms with Crippen LogP contribution in [0.25, 0.3) is 0 Å². The summed E-state index contributed by atoms with van der Waals surface area (Å²) in [7, 11) is -3.87. The highest BCUT2D eigenvalue weighted by Crippen LogP contribution is 2.43. The smallest absolute Gasteiger partial charge is 0.220 e. The minimum Gasteiger partial charge on any atom is -0.349 e. The summed E-state index contributed by atoms with van der Waals surface area (Å²) >= 11 is 0. The average molecular weight is 435 g/mol. The van der Waals surface area contributed by atoms with Gasteiger partial charge >= 0.3 is 0 Å². The summed E-state index contributed by atoms with van der Waals surface area (Å²) < 4.78 is 56.3. The second kappa shape index (κ2) is 8.07. The molecule has 1 amide bonds. The maximum atomic E-state index is 14.7. The van der Waals surface area contributed by atoms with E-state index in [1.165, 1.54) is 28.6 Å². The molecule has 0 saturated carbocycles. The molecule has 0 unspecified atom stereocenters. The average Bonchev–Trinajstić information content (AvgIpc) is 2.96. The summed E-state index contributed by atoms with van der Waals surface area (Å²) in [6.45, 7) is 0.0898. The molecule has 8 heteroatoms. The number of nitrogens with zero attached hydrogens (tertiary/aromatic N) is 1. The van der Waals surface area contributed by atoms with Crippen LogP contribution in [0, 0.1) is 11.6 Å². The number of rotatable bonds is 4. The van der Waals surface area contributed by atoms with Crippen molar-refractivity contribution in [3.8, 4) is 0 Å². The lowest BCUT2D eigenvalue weighted by Crippen LogP contribution is -2.53. The molecule has 2 aromatic rings. The van der Waals surface area contributed by atoms with Crippen molar-refractivity contribution in [2.45, 2.75) is 42.9 Å². The first-order valence-electron chi connectivity index (χ1n) is 10.1. The Morgan fingerprint density at radius 1 is 1.03 bits per heavy atom. The van der Waals surface area contributed by atoms with E-state index in [2.05, 4.69) is 5.32 Å². The monoisotopic (exact) mass is 434 g/mol. The molecule has 0 radical (unpaired) electrons. The first-order valence-corrected chi connectivity index (χ1v) is 11.7. The molecule has 0 aromatic heterocycles. The SMILES string of the molecule is O=C1CCCC[C@]2(CN(S(=O)(=O)Cc3ccccc3F)C[C@H]2c2ccccc2F)N1. The molecule has 4 rings (SSSR count). The lowest BCUT2D eigenvalue weighted by molar-refractivity contribution is -0.122. The summed E-state index contributed by atoms with van der Waals surface area (Å²) in [6, 6.07) is 12.0. The fraction of sp³-hybridized carbons (Fsp3) is 0.409. The second-order valence-electron chi connectivity index (χ2n) is 8.13. The van der Waals surface area contributed by atoms with E-state index in [1.54, 1.807) is 24.3 Å². The molecule has 2 aliphatic heterocycles. The lowest BCUT2D eigenvalue weighted by Gasteiger charge is -2.35. The first-order chi connectivity index (χ1) is 14.3. The highest BCUT2D eigenvalue weighted by molar-refractivity contribution is 7.88. The summed E-state index contributed by atoms with van der Waals surface area (Å²) in [5, 5.41) is 3.02. The fourth-order valence-corrected chi connectivity index (χ4v) is 6.26. The van der Waals surface area contributed by atoms with Crippen LogP contribution in [0.2, 0.25) is 0 Å². The zero-order chi connectivity index (χ0) is 21.4. The van der Waals surface area contributed by atoms with Crippen molar-refractivity contribution in [3.63, 3.8) is 0 Å². The molecule has 2 aliphatic rings. The standard InChI is InChI=1S/C22H24F2N2O3S/c23-19-9-3-1-7-16(19)14-30(28,29)26-13-18(17-8-2-4-10-20(17)24)22(15-26)12-6-5-11-21(27)25-22/h1-4,7-10,18H,5-6,11-15H2,(H,25,27)/t18-,22+/m0/s1. The number of halogens is 2. The van der Waals surface area contributed by atoms with Crippen molar-refractivity contribution >= 4 is 15.9 Å². The zero-order valence-electron chi connectivity index (χ0n) is 16.5. The van der Waals surface area contributed by atoms with Gasteiger partial charge in [0.15, 0.2) is 0 Å². The highest BCUT2D eigenvalue weighted by Gasteiger charge is 2.52. The fourth-order valence-electron chi connectivity index (χ4n) is 4.65. The Bertz CT molecular complexity index is 1060. The minimum absolute atomic E-state index is 0.0397. The van der Waals surface area contributed by atoms with Gasteiger partial charge in [0.05, 0.1) is 11.3 Å². The van der Waals surface area contributed by atoms with Gasteiger partial charge < -0.3 is 5.32 Å². The van der Waals surface area contributed by atoms with Gasteiger partial charge in [-0.3, -0.25) is 4.79 Å². The number of carbonyl (C=O) groups excluding carboxylic acids is 1. The van der Waals surface area contributed by atoms with Crippen LogP contribution in [0.3, 0.4) is 0 Å². The first kappa shape index (κ1) is 20.9. The number of hydrogen-bond acceptors (Lipinski definition) is 3. The Morgan fingerprint density at radius 2 is 1.73 bits per heavy atom. The van der Waals surface area contributed by atoms with Crippen LogP contribution < -0.4 is 5.32 Å². The molecule has 0 aliphatic carbocycles. The molecule has 2 heterocycles. The van der Waals surface area contributed by atoms with Crippen molar-refractivity contribution in [1.29, 1.82) is 0 Å². The number of sulfonamides is 1. The highest BCUT2D eigenvalue weighted by atomic mass is 32.2. The molecule has 0 bridgehead atoms. The molecule has 2 fully saturated rings. The molecular weight excluding hydrogens is 410 g/mol. The molecule has 30 heavy (non-hydrogen) atoms. The Hall–Kier alpha value is -2.32. The van der Waals surface area contributed by atoms with Crippen LogP contribution in [0.5, 0.6) is 0 Å². The third kappa shape index (κ3) is 3.98. The Morgan fingerprint density at radius 3 is 2.47 bits per heavy atom. The van der Waals surface area contributed by atoms with Gasteiger partial charge in [0, 0.05) is 31.0 Å². The molecule has 2 atom stereocenters. The number of carbonyl (C=O) groups is 1. The van der Waals surface area contributed by atoms with Crippen LogP contribution >= 0.6 is 0 Å². The topological polar surface area (TPSA) is 66.5 Å². The quantitative estimate of drug-likeness (QED) is 0.803. The number of hydrogen-bond donors (Lipinski definition) is 1. The van der Waals surface area contributed by atoms with Gasteiger partial charge in [0.2, 0.25) is 15.9 Å². The molecule has 160 valence electrons. The predicted octanol–water partition coefficient (Wildman–Crippen LogP) is 3.32. The summed E-state index contributed by atoms with van der Waals surface area (Å²) in [5.41, 5.74) is -0.396. The van der Waals surface area contributed by atoms with Crippen molar-refractivity contribution < 1.29 is 22.0 Å². The molecule has 2 saturated heterocycles. The number of nitrogens with one attached hydrogen (secondary N) is 1. The maximum Gasteiger partial charge on any atom is 0.220 e. The van der Waals surface area contributed by atoms with E-state index in [-0.39, 0.29) is 24.6 Å². The van der Waals surface area contributed by atoms with E-state index in [4.69, 9.17) is 0 Å². The van der Waals surface area contributed by atoms with Crippen molar-refractivity contribution in [2.24, 2.45) is 0 Å². The maximum absolute atomic E-state index is 14.7. The third-order valence-corrected chi connectivity index (χ3v) is 7.89. The third-order valence-electron chi connectivity index (χ3n) is 6.15. The van der Waals surface area contributed by atoms with Gasteiger partial charge in [-0.25, -0.2) is 17.2 Å². The van der Waals surface area contributed by atoms with E-state index < -0.39 is 38.9 Å². The van der Waals surface area contributed by atoms with Gasteiger partial charge in [-0.15, -0.1) is 0 Å². The minimum atomic E-state index is -3.87. The Balaban J connectivity index is 1.70. The van der Waals surface area contributed by atoms with Gasteiger partial charge in [-0.2, -0.15) is 4.31 Å². The largest absolute Gasteiger partial charge is 0.349 e. The van der Waals surface area contributed by atoms with Crippen molar-refractivity contribution in [3.05, 3.63) is 71.3 Å². The van der Waals surface area contributed by atoms with Crippen LogP contribution in [0.4, 0.5) is 8.78 Å².